The summed E-state index contributed by atoms with van der Waals surface area (Å²) in [5.41, 5.74) is 4.29. The van der Waals surface area contributed by atoms with E-state index in [2.05, 4.69) is 41.8 Å². The molecule has 0 aromatic heterocycles. The van der Waals surface area contributed by atoms with Gasteiger partial charge in [0.05, 0.1) is 0 Å². The summed E-state index contributed by atoms with van der Waals surface area (Å²) in [4.78, 5) is 14.5. The highest BCUT2D eigenvalue weighted by Crippen LogP contribution is 2.15. The van der Waals surface area contributed by atoms with Gasteiger partial charge >= 0.3 is 0 Å². The number of likely N-dealkylation sites (tertiary alicyclic amines) is 1. The molecule has 0 bridgehead atoms. The summed E-state index contributed by atoms with van der Waals surface area (Å²) in [6, 6.07) is 16.2. The third kappa shape index (κ3) is 6.06. The van der Waals surface area contributed by atoms with E-state index in [1.54, 1.807) is 0 Å². The number of thiocarbonyl (C=S) groups is 1. The molecule has 0 spiro atoms. The van der Waals surface area contributed by atoms with Gasteiger partial charge < -0.3 is 15.5 Å². The first-order valence-electron chi connectivity index (χ1n) is 10.1. The molecule has 1 aliphatic heterocycles. The van der Waals surface area contributed by atoms with E-state index < -0.39 is 0 Å². The normalized spacial score (nSPS) is 13.8. The number of hydrogen-bond donors (Lipinski definition) is 2. The molecule has 1 saturated heterocycles. The molecule has 28 heavy (non-hydrogen) atoms. The molecule has 0 aliphatic carbocycles. The molecule has 4 nitrogen and oxygen atoms in total. The van der Waals surface area contributed by atoms with Crippen molar-refractivity contribution in [2.45, 2.75) is 39.0 Å². The predicted molar refractivity (Wildman–Crippen MR) is 120 cm³/mol. The minimum absolute atomic E-state index is 0.128. The second-order valence-electron chi connectivity index (χ2n) is 7.40. The number of rotatable bonds is 6. The summed E-state index contributed by atoms with van der Waals surface area (Å²) < 4.78 is 0. The Morgan fingerprint density at radius 2 is 1.82 bits per heavy atom. The maximum Gasteiger partial charge on any atom is 0.253 e. The maximum atomic E-state index is 12.5. The molecule has 1 aliphatic rings. The fourth-order valence-electron chi connectivity index (χ4n) is 3.51. The number of amides is 1. The molecule has 2 aromatic rings. The molecule has 1 heterocycles. The number of nitrogens with zero attached hydrogens (tertiary/aromatic N) is 1. The molecule has 1 fully saturated rings. The van der Waals surface area contributed by atoms with E-state index in [0.29, 0.717) is 5.11 Å². The van der Waals surface area contributed by atoms with E-state index in [1.165, 1.54) is 17.5 Å². The van der Waals surface area contributed by atoms with E-state index in [0.717, 1.165) is 56.6 Å². The Balaban J connectivity index is 1.40. The van der Waals surface area contributed by atoms with Gasteiger partial charge in [-0.2, -0.15) is 0 Å². The molecule has 0 atom stereocenters. The van der Waals surface area contributed by atoms with Crippen LogP contribution in [0, 0.1) is 6.92 Å². The minimum Gasteiger partial charge on any atom is -0.362 e. The monoisotopic (exact) mass is 395 g/mol. The minimum atomic E-state index is 0.128. The van der Waals surface area contributed by atoms with Crippen molar-refractivity contribution in [2.75, 3.05) is 25.0 Å². The van der Waals surface area contributed by atoms with Crippen molar-refractivity contribution in [1.29, 1.82) is 0 Å². The summed E-state index contributed by atoms with van der Waals surface area (Å²) in [7, 11) is 0. The van der Waals surface area contributed by atoms with Gasteiger partial charge in [0.2, 0.25) is 0 Å². The maximum absolute atomic E-state index is 12.5. The quantitative estimate of drug-likeness (QED) is 0.557. The van der Waals surface area contributed by atoms with Gasteiger partial charge in [-0.3, -0.25) is 4.79 Å². The van der Waals surface area contributed by atoms with Crippen LogP contribution in [0.5, 0.6) is 0 Å². The Labute approximate surface area is 173 Å². The van der Waals surface area contributed by atoms with Gasteiger partial charge in [-0.15, -0.1) is 0 Å². The van der Waals surface area contributed by atoms with Crippen LogP contribution in [-0.4, -0.2) is 35.6 Å². The Morgan fingerprint density at radius 1 is 1.07 bits per heavy atom. The topological polar surface area (TPSA) is 44.4 Å². The largest absolute Gasteiger partial charge is 0.362 e. The Kier molecular flexibility index (Phi) is 7.43. The third-order valence-electron chi connectivity index (χ3n) is 5.04. The van der Waals surface area contributed by atoms with E-state index in [-0.39, 0.29) is 5.91 Å². The molecule has 5 heteroatoms. The fourth-order valence-corrected chi connectivity index (χ4v) is 3.73. The number of carbonyl (C=O) groups is 1. The average molecular weight is 396 g/mol. The molecule has 0 unspecified atom stereocenters. The lowest BCUT2D eigenvalue weighted by Gasteiger charge is -2.26. The highest BCUT2D eigenvalue weighted by Gasteiger charge is 2.17. The first kappa shape index (κ1) is 20.3. The lowest BCUT2D eigenvalue weighted by atomic mass is 10.1. The van der Waals surface area contributed by atoms with Crippen molar-refractivity contribution < 1.29 is 4.79 Å². The number of nitrogens with one attached hydrogen (secondary N) is 2. The smallest absolute Gasteiger partial charge is 0.253 e. The Hall–Kier alpha value is -2.40. The van der Waals surface area contributed by atoms with Crippen LogP contribution in [0.3, 0.4) is 0 Å². The van der Waals surface area contributed by atoms with Gasteiger partial charge in [0.15, 0.2) is 5.11 Å². The highest BCUT2D eigenvalue weighted by atomic mass is 32.1. The molecule has 2 aromatic carbocycles. The van der Waals surface area contributed by atoms with Gasteiger partial charge in [0.1, 0.15) is 0 Å². The zero-order chi connectivity index (χ0) is 19.8. The Morgan fingerprint density at radius 3 is 2.54 bits per heavy atom. The van der Waals surface area contributed by atoms with E-state index in [1.807, 2.05) is 29.2 Å². The number of carbonyl (C=O) groups excluding carboxylic acids is 1. The summed E-state index contributed by atoms with van der Waals surface area (Å²) in [5.74, 6) is 0.128. The molecule has 148 valence electrons. The van der Waals surface area contributed by atoms with Gasteiger partial charge in [-0.05, 0) is 81.1 Å². The molecule has 1 amide bonds. The zero-order valence-corrected chi connectivity index (χ0v) is 17.4. The molecule has 0 radical (unpaired) electrons. The first-order valence-corrected chi connectivity index (χ1v) is 10.5. The summed E-state index contributed by atoms with van der Waals surface area (Å²) in [5, 5.41) is 7.05. The van der Waals surface area contributed by atoms with Crippen molar-refractivity contribution in [3.8, 4) is 0 Å². The van der Waals surface area contributed by atoms with Gasteiger partial charge in [-0.25, -0.2) is 0 Å². The first-order chi connectivity index (χ1) is 13.6. The van der Waals surface area contributed by atoms with Crippen molar-refractivity contribution in [3.05, 3.63) is 65.2 Å². The summed E-state index contributed by atoms with van der Waals surface area (Å²) in [6.07, 6.45) is 5.49. The zero-order valence-electron chi connectivity index (χ0n) is 16.5. The van der Waals surface area contributed by atoms with Crippen molar-refractivity contribution in [3.63, 3.8) is 0 Å². The molecule has 2 N–H and O–H groups in total. The van der Waals surface area contributed by atoms with Crippen LogP contribution in [0.2, 0.25) is 0 Å². The molecular weight excluding hydrogens is 366 g/mol. The summed E-state index contributed by atoms with van der Waals surface area (Å²) in [6.45, 7) is 4.68. The van der Waals surface area contributed by atoms with Crippen LogP contribution >= 0.6 is 12.2 Å². The van der Waals surface area contributed by atoms with Gasteiger partial charge in [0, 0.05) is 30.9 Å². The van der Waals surface area contributed by atoms with Gasteiger partial charge in [-0.1, -0.05) is 29.8 Å². The lowest BCUT2D eigenvalue weighted by Crippen LogP contribution is -2.35. The molecule has 0 saturated carbocycles. The number of benzene rings is 2. The fraction of sp³-hybridized carbons (Fsp3) is 0.391. The van der Waals surface area contributed by atoms with E-state index in [4.69, 9.17) is 12.2 Å². The van der Waals surface area contributed by atoms with Gasteiger partial charge in [0.25, 0.3) is 5.91 Å². The SMILES string of the molecule is Cc1cccc(CCCNC(=S)Nc2ccc(C(=O)N3CCCCC3)cc2)c1. The predicted octanol–water partition coefficient (Wildman–Crippen LogP) is 4.54. The second kappa shape index (κ2) is 10.2. The lowest BCUT2D eigenvalue weighted by molar-refractivity contribution is 0.0724. The van der Waals surface area contributed by atoms with Crippen LogP contribution in [-0.2, 0) is 6.42 Å². The third-order valence-corrected chi connectivity index (χ3v) is 5.29. The number of piperidine rings is 1. The van der Waals surface area contributed by atoms with Crippen LogP contribution in [0.1, 0.15) is 47.2 Å². The molecular formula is C23H29N3OS. The second-order valence-corrected chi connectivity index (χ2v) is 7.81. The van der Waals surface area contributed by atoms with Crippen LogP contribution in [0.15, 0.2) is 48.5 Å². The van der Waals surface area contributed by atoms with Crippen LogP contribution < -0.4 is 10.6 Å². The van der Waals surface area contributed by atoms with Crippen molar-refractivity contribution >= 4 is 28.9 Å². The standard InChI is InChI=1S/C23H29N3OS/c1-18-7-5-8-19(17-18)9-6-14-24-23(28)25-21-12-10-20(11-13-21)22(27)26-15-3-2-4-16-26/h5,7-8,10-13,17H,2-4,6,9,14-16H2,1H3,(H2,24,25,28). The van der Waals surface area contributed by atoms with Crippen molar-refractivity contribution in [1.82, 2.24) is 10.2 Å². The van der Waals surface area contributed by atoms with E-state index in [9.17, 15) is 4.79 Å². The number of aryl methyl sites for hydroxylation is 2. The molecule has 3 rings (SSSR count). The Bertz CT molecular complexity index is 798. The van der Waals surface area contributed by atoms with Crippen LogP contribution in [0.4, 0.5) is 5.69 Å². The average Bonchev–Trinajstić information content (AvgIpc) is 2.72. The van der Waals surface area contributed by atoms with Crippen molar-refractivity contribution in [2.24, 2.45) is 0 Å². The van der Waals surface area contributed by atoms with Crippen LogP contribution in [0.25, 0.3) is 0 Å². The number of anilines is 1. The summed E-state index contributed by atoms with van der Waals surface area (Å²) >= 11 is 5.38. The number of hydrogen-bond acceptors (Lipinski definition) is 2. The van der Waals surface area contributed by atoms with E-state index >= 15 is 0 Å². The highest BCUT2D eigenvalue weighted by molar-refractivity contribution is 7.80.